The average Bonchev–Trinajstić information content (AvgIpc) is 1.59. The van der Waals surface area contributed by atoms with Gasteiger partial charge in [-0.25, -0.2) is 0 Å². The van der Waals surface area contributed by atoms with E-state index >= 15 is 0 Å². The molecule has 4 heterocycles. The SMILES string of the molecule is CC(C)(C)c1ccc(N(c2ccc(C(C)(C)C)cc2)c2ccc3c(c2)N(c2ccc(C(C)(C)C)cc2-c2ccccc2)c2cc(-c4cccc5c4sc4ccccc45)cc4c2B3c2cc(-c3ccccc3)cc3c2N4C2(C)CCCCC32C)cc1. The molecule has 10 aromatic carbocycles. The number of thiophene rings is 1. The number of benzene rings is 10. The van der Waals surface area contributed by atoms with E-state index < -0.39 is 0 Å². The highest BCUT2D eigenvalue weighted by Gasteiger charge is 2.61. The molecule has 0 radical (unpaired) electrons. The fraction of sp³-hybridized carbons (Fsp3) is 0.250. The summed E-state index contributed by atoms with van der Waals surface area (Å²) >= 11 is 1.93. The normalized spacial score (nSPS) is 17.9. The van der Waals surface area contributed by atoms with E-state index in [0.29, 0.717) is 0 Å². The molecule has 1 saturated carbocycles. The Morgan fingerprint density at radius 3 is 1.69 bits per heavy atom. The Bertz CT molecular complexity index is 4400. The molecule has 4 aliphatic rings. The second-order valence-electron chi connectivity index (χ2n) is 28.5. The Morgan fingerprint density at radius 1 is 0.435 bits per heavy atom. The summed E-state index contributed by atoms with van der Waals surface area (Å²) in [4.78, 5) is 8.13. The van der Waals surface area contributed by atoms with Crippen molar-refractivity contribution in [3.8, 4) is 33.4 Å². The van der Waals surface area contributed by atoms with Crippen LogP contribution in [0.1, 0.15) is 124 Å². The Balaban J connectivity index is 1.08. The van der Waals surface area contributed by atoms with Crippen LogP contribution >= 0.6 is 11.3 Å². The molecule has 3 nitrogen and oxygen atoms in total. The van der Waals surface area contributed by atoms with Crippen molar-refractivity contribution in [1.82, 2.24) is 0 Å². The molecule has 15 rings (SSSR count). The number of anilines is 8. The summed E-state index contributed by atoms with van der Waals surface area (Å²) in [5.74, 6) is 0. The van der Waals surface area contributed by atoms with Crippen LogP contribution in [0.5, 0.6) is 0 Å². The molecular formula is C80H76BN3S. The van der Waals surface area contributed by atoms with Gasteiger partial charge >= 0.3 is 0 Å². The molecule has 2 unspecified atom stereocenters. The molecular weight excluding hydrogens is 1050 g/mol. The maximum atomic E-state index is 2.91. The van der Waals surface area contributed by atoms with Crippen LogP contribution in [0.3, 0.4) is 0 Å². The van der Waals surface area contributed by atoms with E-state index in [2.05, 4.69) is 303 Å². The lowest BCUT2D eigenvalue weighted by Crippen LogP contribution is -2.64. The van der Waals surface area contributed by atoms with Gasteiger partial charge in [-0.1, -0.05) is 222 Å². The molecule has 0 amide bonds. The topological polar surface area (TPSA) is 9.72 Å². The van der Waals surface area contributed by atoms with Gasteiger partial charge in [-0.2, -0.15) is 0 Å². The molecule has 3 aliphatic heterocycles. The summed E-state index contributed by atoms with van der Waals surface area (Å²) in [6, 6.07) is 82.5. The maximum Gasteiger partial charge on any atom is 0.252 e. The van der Waals surface area contributed by atoms with Gasteiger partial charge in [0.25, 0.3) is 6.71 Å². The maximum absolute atomic E-state index is 2.91. The number of hydrogen-bond donors (Lipinski definition) is 0. The van der Waals surface area contributed by atoms with Crippen molar-refractivity contribution >= 4 is 100 Å². The van der Waals surface area contributed by atoms with Gasteiger partial charge in [0.2, 0.25) is 0 Å². The highest BCUT2D eigenvalue weighted by atomic mass is 32.1. The summed E-state index contributed by atoms with van der Waals surface area (Å²) in [5, 5.41) is 2.64. The molecule has 1 aliphatic carbocycles. The summed E-state index contributed by atoms with van der Waals surface area (Å²) < 4.78 is 2.66. The largest absolute Gasteiger partial charge is 0.335 e. The summed E-state index contributed by atoms with van der Waals surface area (Å²) in [5.41, 5.74) is 26.5. The zero-order valence-corrected chi connectivity index (χ0v) is 52.2. The Morgan fingerprint density at radius 2 is 1.02 bits per heavy atom. The number of hydrogen-bond acceptors (Lipinski definition) is 4. The number of rotatable bonds is 7. The van der Waals surface area contributed by atoms with Crippen LogP contribution in [0.25, 0.3) is 53.6 Å². The van der Waals surface area contributed by atoms with Crippen molar-refractivity contribution in [2.75, 3.05) is 14.7 Å². The predicted octanol–water partition coefficient (Wildman–Crippen LogP) is 20.8. The summed E-state index contributed by atoms with van der Waals surface area (Å²) in [6.45, 7) is 26.1. The van der Waals surface area contributed by atoms with E-state index in [-0.39, 0.29) is 33.9 Å². The zero-order valence-electron chi connectivity index (χ0n) is 51.4. The first-order valence-corrected chi connectivity index (χ1v) is 31.9. The lowest BCUT2D eigenvalue weighted by Gasteiger charge is -2.53. The van der Waals surface area contributed by atoms with Crippen molar-refractivity contribution in [3.05, 3.63) is 235 Å². The van der Waals surface area contributed by atoms with Gasteiger partial charge in [0.05, 0.1) is 11.2 Å². The van der Waals surface area contributed by atoms with Crippen molar-refractivity contribution in [2.45, 2.75) is 129 Å². The third-order valence-electron chi connectivity index (χ3n) is 20.3. The van der Waals surface area contributed by atoms with Crippen LogP contribution in [0.4, 0.5) is 45.5 Å². The van der Waals surface area contributed by atoms with Gasteiger partial charge < -0.3 is 14.7 Å². The molecule has 420 valence electrons. The third kappa shape index (κ3) is 8.34. The summed E-state index contributed by atoms with van der Waals surface area (Å²) in [7, 11) is 0. The van der Waals surface area contributed by atoms with E-state index in [1.807, 2.05) is 11.3 Å². The van der Waals surface area contributed by atoms with Crippen molar-refractivity contribution in [2.24, 2.45) is 0 Å². The second kappa shape index (κ2) is 19.2. The first kappa shape index (κ1) is 53.6. The minimum Gasteiger partial charge on any atom is -0.335 e. The Labute approximate surface area is 508 Å². The first-order valence-electron chi connectivity index (χ1n) is 31.1. The number of nitrogens with zero attached hydrogens (tertiary/aromatic N) is 3. The molecule has 5 heteroatoms. The standard InChI is InChI=1S/C80H76BN3S/c1-76(2,3)55-31-36-58(37-32-55)82(59-38-33-56(34-39-59)77(4,5)6)60-40-41-66-69(50-60)83(68-42-35-57(78(7,8)9)49-64(68)52-25-16-13-17-26-52)70-47-54(61-28-22-29-63-62-27-18-19-30-72(62)85-75(61)63)48-71-73(70)81(66)67-46-53(51-23-14-12-15-24-51)45-65-74(67)84(71)80(11)44-21-20-43-79(65,80)10/h12-19,22-42,45-50H,20-21,43-44H2,1-11H3. The predicted molar refractivity (Wildman–Crippen MR) is 369 cm³/mol. The van der Waals surface area contributed by atoms with E-state index in [4.69, 9.17) is 0 Å². The fourth-order valence-corrected chi connectivity index (χ4v) is 16.6. The van der Waals surface area contributed by atoms with Gasteiger partial charge in [0, 0.05) is 71.0 Å². The zero-order chi connectivity index (χ0) is 58.5. The first-order chi connectivity index (χ1) is 40.8. The molecule has 1 aromatic heterocycles. The minimum atomic E-state index is -0.178. The van der Waals surface area contributed by atoms with Crippen molar-refractivity contribution < 1.29 is 0 Å². The van der Waals surface area contributed by atoms with Gasteiger partial charge in [-0.3, -0.25) is 0 Å². The molecule has 11 aromatic rings. The lowest BCUT2D eigenvalue weighted by molar-refractivity contribution is 0.195. The van der Waals surface area contributed by atoms with E-state index in [1.54, 1.807) is 0 Å². The van der Waals surface area contributed by atoms with Gasteiger partial charge in [0.15, 0.2) is 0 Å². The number of fused-ring (bicyclic) bond motifs is 10. The van der Waals surface area contributed by atoms with Gasteiger partial charge in [0.1, 0.15) is 0 Å². The highest BCUT2D eigenvalue weighted by molar-refractivity contribution is 7.26. The average molecular weight is 1120 g/mol. The molecule has 0 N–H and O–H groups in total. The van der Waals surface area contributed by atoms with Crippen LogP contribution < -0.4 is 31.1 Å². The lowest BCUT2D eigenvalue weighted by atomic mass is 9.33. The van der Waals surface area contributed by atoms with Crippen LogP contribution in [0, 0.1) is 0 Å². The molecule has 0 saturated heterocycles. The van der Waals surface area contributed by atoms with Crippen molar-refractivity contribution in [1.29, 1.82) is 0 Å². The highest BCUT2D eigenvalue weighted by Crippen LogP contribution is 2.63. The second-order valence-corrected chi connectivity index (χ2v) is 29.5. The molecule has 0 spiro atoms. The third-order valence-corrected chi connectivity index (χ3v) is 21.5. The Hall–Kier alpha value is -8.12. The van der Waals surface area contributed by atoms with E-state index in [0.717, 1.165) is 29.9 Å². The quantitative estimate of drug-likeness (QED) is 0.147. The monoisotopic (exact) mass is 1120 g/mol. The molecule has 2 atom stereocenters. The molecule has 0 bridgehead atoms. The summed E-state index contributed by atoms with van der Waals surface area (Å²) in [6.07, 6.45) is 4.69. The van der Waals surface area contributed by atoms with E-state index in [9.17, 15) is 0 Å². The smallest absolute Gasteiger partial charge is 0.252 e. The van der Waals surface area contributed by atoms with E-state index in [1.165, 1.54) is 133 Å². The van der Waals surface area contributed by atoms with Gasteiger partial charge in [-0.05, 0) is 175 Å². The van der Waals surface area contributed by atoms with Crippen LogP contribution in [-0.2, 0) is 21.7 Å². The van der Waals surface area contributed by atoms with Crippen LogP contribution in [0.15, 0.2) is 212 Å². The fourth-order valence-electron chi connectivity index (χ4n) is 15.4. The van der Waals surface area contributed by atoms with Gasteiger partial charge in [-0.15, -0.1) is 11.3 Å². The van der Waals surface area contributed by atoms with Crippen LogP contribution in [-0.4, -0.2) is 12.3 Å². The molecule has 85 heavy (non-hydrogen) atoms. The molecule has 1 fully saturated rings. The van der Waals surface area contributed by atoms with Crippen LogP contribution in [0.2, 0.25) is 0 Å². The van der Waals surface area contributed by atoms with Crippen molar-refractivity contribution in [3.63, 3.8) is 0 Å². The Kier molecular flexibility index (Phi) is 12.1. The minimum absolute atomic E-state index is 0.0107.